The van der Waals surface area contributed by atoms with Crippen LogP contribution in [-0.2, 0) is 0 Å². The van der Waals surface area contributed by atoms with E-state index in [-0.39, 0.29) is 5.56 Å². The topological polar surface area (TPSA) is 26.0 Å². The summed E-state index contributed by atoms with van der Waals surface area (Å²) in [5.41, 5.74) is 8.36. The van der Waals surface area contributed by atoms with Crippen LogP contribution in [0.3, 0.4) is 0 Å². The molecule has 1 atom stereocenters. The largest absolute Gasteiger partial charge is 0.320 e. The molecule has 0 amide bonds. The van der Waals surface area contributed by atoms with Gasteiger partial charge in [0.25, 0.3) is 0 Å². The molecule has 3 rings (SSSR count). The molecule has 20 heavy (non-hydrogen) atoms. The van der Waals surface area contributed by atoms with E-state index >= 15 is 0 Å². The monoisotopic (exact) mass is 273 g/mol. The Balaban J connectivity index is 1.86. The Hall–Kier alpha value is -1.74. The highest BCUT2D eigenvalue weighted by Crippen LogP contribution is 2.36. The average molecular weight is 273 g/mol. The maximum absolute atomic E-state index is 13.8. The summed E-state index contributed by atoms with van der Waals surface area (Å²) in [6.07, 6.45) is 3.77. The third-order valence-electron chi connectivity index (χ3n) is 4.19. The summed E-state index contributed by atoms with van der Waals surface area (Å²) >= 11 is 0. The predicted octanol–water partition coefficient (Wildman–Crippen LogP) is 4.28. The van der Waals surface area contributed by atoms with Gasteiger partial charge in [0.05, 0.1) is 6.04 Å². The highest BCUT2D eigenvalue weighted by Gasteiger charge is 2.20. The first-order valence-electron chi connectivity index (χ1n) is 6.96. The second kappa shape index (κ2) is 5.33. The van der Waals surface area contributed by atoms with Gasteiger partial charge in [0.2, 0.25) is 0 Å². The van der Waals surface area contributed by atoms with Crippen molar-refractivity contribution in [3.8, 4) is 0 Å². The number of nitrogens with two attached hydrogens (primary N) is 1. The van der Waals surface area contributed by atoms with E-state index < -0.39 is 17.7 Å². The van der Waals surface area contributed by atoms with Crippen molar-refractivity contribution >= 4 is 0 Å². The van der Waals surface area contributed by atoms with E-state index in [4.69, 9.17) is 5.73 Å². The van der Waals surface area contributed by atoms with E-state index in [1.807, 2.05) is 12.1 Å². The smallest absolute Gasteiger partial charge is 0.163 e. The van der Waals surface area contributed by atoms with Crippen LogP contribution in [0.25, 0.3) is 0 Å². The second-order valence-corrected chi connectivity index (χ2v) is 5.42. The average Bonchev–Trinajstić information content (AvgIpc) is 2.40. The van der Waals surface area contributed by atoms with Gasteiger partial charge in [0, 0.05) is 5.56 Å². The standard InChI is InChI=1S/C17H17F2N/c18-15-6-2-5-14(16(15)19)17(20)13-9-7-12(8-10-13)11-3-1-4-11/h2,5-11,17H,1,3-4,20H2. The van der Waals surface area contributed by atoms with Crippen molar-refractivity contribution in [3.63, 3.8) is 0 Å². The second-order valence-electron chi connectivity index (χ2n) is 5.42. The first kappa shape index (κ1) is 13.3. The van der Waals surface area contributed by atoms with Crippen molar-refractivity contribution in [2.24, 2.45) is 5.73 Å². The van der Waals surface area contributed by atoms with Gasteiger partial charge in [0.15, 0.2) is 11.6 Å². The van der Waals surface area contributed by atoms with Crippen molar-refractivity contribution in [1.82, 2.24) is 0 Å². The molecule has 2 aromatic carbocycles. The lowest BCUT2D eigenvalue weighted by Crippen LogP contribution is -2.15. The maximum atomic E-state index is 13.8. The van der Waals surface area contributed by atoms with Gasteiger partial charge < -0.3 is 5.73 Å². The molecule has 0 aromatic heterocycles. The Morgan fingerprint density at radius 2 is 1.70 bits per heavy atom. The third-order valence-corrected chi connectivity index (χ3v) is 4.19. The van der Waals surface area contributed by atoms with Crippen LogP contribution in [0.15, 0.2) is 42.5 Å². The van der Waals surface area contributed by atoms with E-state index in [0.717, 1.165) is 11.6 Å². The van der Waals surface area contributed by atoms with Crippen molar-refractivity contribution in [2.75, 3.05) is 0 Å². The first-order valence-corrected chi connectivity index (χ1v) is 6.96. The number of hydrogen-bond acceptors (Lipinski definition) is 1. The van der Waals surface area contributed by atoms with Crippen LogP contribution >= 0.6 is 0 Å². The molecular formula is C17H17F2N. The summed E-state index contributed by atoms with van der Waals surface area (Å²) in [6.45, 7) is 0. The summed E-state index contributed by atoms with van der Waals surface area (Å²) < 4.78 is 27.0. The molecule has 1 unspecified atom stereocenters. The van der Waals surface area contributed by atoms with Gasteiger partial charge in [0.1, 0.15) is 0 Å². The quantitative estimate of drug-likeness (QED) is 0.887. The van der Waals surface area contributed by atoms with Crippen LogP contribution < -0.4 is 5.73 Å². The predicted molar refractivity (Wildman–Crippen MR) is 75.4 cm³/mol. The summed E-state index contributed by atoms with van der Waals surface area (Å²) in [5, 5.41) is 0. The molecule has 0 saturated heterocycles. The van der Waals surface area contributed by atoms with Crippen LogP contribution in [0.5, 0.6) is 0 Å². The molecule has 1 saturated carbocycles. The van der Waals surface area contributed by atoms with Gasteiger partial charge in [-0.15, -0.1) is 0 Å². The zero-order valence-electron chi connectivity index (χ0n) is 11.2. The first-order chi connectivity index (χ1) is 9.66. The molecule has 1 fully saturated rings. The van der Waals surface area contributed by atoms with Gasteiger partial charge in [-0.2, -0.15) is 0 Å². The molecule has 1 aliphatic carbocycles. The van der Waals surface area contributed by atoms with E-state index in [0.29, 0.717) is 5.92 Å². The minimum Gasteiger partial charge on any atom is -0.320 e. The Kier molecular flexibility index (Phi) is 3.53. The lowest BCUT2D eigenvalue weighted by molar-refractivity contribution is 0.419. The van der Waals surface area contributed by atoms with Gasteiger partial charge in [-0.05, 0) is 36.0 Å². The summed E-state index contributed by atoms with van der Waals surface area (Å²) in [7, 11) is 0. The van der Waals surface area contributed by atoms with Crippen molar-refractivity contribution in [3.05, 3.63) is 70.8 Å². The van der Waals surface area contributed by atoms with Crippen LogP contribution in [0, 0.1) is 11.6 Å². The molecule has 0 spiro atoms. The summed E-state index contributed by atoms with van der Waals surface area (Å²) in [4.78, 5) is 0. The number of benzene rings is 2. The Labute approximate surface area is 117 Å². The van der Waals surface area contributed by atoms with Gasteiger partial charge in [-0.3, -0.25) is 0 Å². The van der Waals surface area contributed by atoms with Gasteiger partial charge in [-0.25, -0.2) is 8.78 Å². The fourth-order valence-corrected chi connectivity index (χ4v) is 2.66. The van der Waals surface area contributed by atoms with Crippen molar-refractivity contribution in [1.29, 1.82) is 0 Å². The molecule has 0 radical (unpaired) electrons. The Bertz CT molecular complexity index is 603. The van der Waals surface area contributed by atoms with Gasteiger partial charge >= 0.3 is 0 Å². The molecular weight excluding hydrogens is 256 g/mol. The lowest BCUT2D eigenvalue weighted by atomic mass is 9.79. The Morgan fingerprint density at radius 3 is 2.30 bits per heavy atom. The highest BCUT2D eigenvalue weighted by atomic mass is 19.2. The number of halogens is 2. The van der Waals surface area contributed by atoms with Crippen LogP contribution in [0.4, 0.5) is 8.78 Å². The molecule has 1 aliphatic rings. The van der Waals surface area contributed by atoms with Crippen LogP contribution in [0.2, 0.25) is 0 Å². The third kappa shape index (κ3) is 2.34. The van der Waals surface area contributed by atoms with E-state index in [2.05, 4.69) is 12.1 Å². The maximum Gasteiger partial charge on any atom is 0.163 e. The molecule has 3 heteroatoms. The SMILES string of the molecule is NC(c1ccc(C2CCC2)cc1)c1cccc(F)c1F. The number of hydrogen-bond donors (Lipinski definition) is 1. The van der Waals surface area contributed by atoms with E-state index in [1.165, 1.54) is 37.0 Å². The molecule has 0 bridgehead atoms. The highest BCUT2D eigenvalue weighted by molar-refractivity contribution is 5.35. The lowest BCUT2D eigenvalue weighted by Gasteiger charge is -2.26. The Morgan fingerprint density at radius 1 is 1.00 bits per heavy atom. The van der Waals surface area contributed by atoms with Crippen molar-refractivity contribution < 1.29 is 8.78 Å². The fraction of sp³-hybridized carbons (Fsp3) is 0.294. The summed E-state index contributed by atoms with van der Waals surface area (Å²) in [5.74, 6) is -1.06. The van der Waals surface area contributed by atoms with Gasteiger partial charge in [-0.1, -0.05) is 42.8 Å². The zero-order valence-corrected chi connectivity index (χ0v) is 11.2. The summed E-state index contributed by atoms with van der Waals surface area (Å²) in [6, 6.07) is 11.4. The number of rotatable bonds is 3. The molecule has 1 nitrogen and oxygen atoms in total. The minimum absolute atomic E-state index is 0.196. The minimum atomic E-state index is -0.858. The van der Waals surface area contributed by atoms with Crippen molar-refractivity contribution in [2.45, 2.75) is 31.2 Å². The van der Waals surface area contributed by atoms with E-state index in [1.54, 1.807) is 0 Å². The molecule has 0 heterocycles. The molecule has 0 aliphatic heterocycles. The van der Waals surface area contributed by atoms with E-state index in [9.17, 15) is 8.78 Å². The van der Waals surface area contributed by atoms with Crippen LogP contribution in [-0.4, -0.2) is 0 Å². The zero-order chi connectivity index (χ0) is 14.1. The fourth-order valence-electron chi connectivity index (χ4n) is 2.66. The molecule has 104 valence electrons. The molecule has 2 N–H and O–H groups in total. The molecule has 2 aromatic rings. The normalized spacial score (nSPS) is 16.8. The van der Waals surface area contributed by atoms with Crippen LogP contribution in [0.1, 0.15) is 47.9 Å².